The van der Waals surface area contributed by atoms with Crippen molar-refractivity contribution < 1.29 is 28.3 Å². The molecule has 0 fully saturated rings. The van der Waals surface area contributed by atoms with Gasteiger partial charge in [0.15, 0.2) is 0 Å². The van der Waals surface area contributed by atoms with Crippen molar-refractivity contribution in [3.05, 3.63) is 94.7 Å². The summed E-state index contributed by atoms with van der Waals surface area (Å²) in [5, 5.41) is 8.02. The molecule has 1 aromatic heterocycles. The summed E-state index contributed by atoms with van der Waals surface area (Å²) in [4.78, 5) is 30.9. The van der Waals surface area contributed by atoms with Crippen LogP contribution >= 0.6 is 0 Å². The smallest absolute Gasteiger partial charge is 0.339 e. The van der Waals surface area contributed by atoms with E-state index in [2.05, 4.69) is 38.2 Å². The predicted octanol–water partition coefficient (Wildman–Crippen LogP) is 7.93. The number of hydrogen-bond acceptors (Lipinski definition) is 7. The summed E-state index contributed by atoms with van der Waals surface area (Å²) in [6.07, 6.45) is 5.26. The summed E-state index contributed by atoms with van der Waals surface area (Å²) in [5.41, 5.74) is 3.91. The zero-order chi connectivity index (χ0) is 30.8. The summed E-state index contributed by atoms with van der Waals surface area (Å²) in [6, 6.07) is 20.2. The van der Waals surface area contributed by atoms with Crippen molar-refractivity contribution in [3.8, 4) is 5.75 Å². The number of esters is 1. The lowest BCUT2D eigenvalue weighted by molar-refractivity contribution is 0.0602. The molecule has 0 spiro atoms. The highest BCUT2D eigenvalue weighted by atomic mass is 16.6. The summed E-state index contributed by atoms with van der Waals surface area (Å²) in [6.45, 7) is 9.20. The lowest BCUT2D eigenvalue weighted by Crippen LogP contribution is -2.16. The van der Waals surface area contributed by atoms with Gasteiger partial charge < -0.3 is 24.0 Å². The number of unbranched alkanes of at least 4 members (excludes halogenated alkanes) is 1. The van der Waals surface area contributed by atoms with Gasteiger partial charge in [-0.1, -0.05) is 69.6 Å². The summed E-state index contributed by atoms with van der Waals surface area (Å²) < 4.78 is 16.8. The molecule has 1 amide bonds. The number of benzene rings is 3. The van der Waals surface area contributed by atoms with Crippen molar-refractivity contribution in [2.45, 2.75) is 58.8 Å². The van der Waals surface area contributed by atoms with Crippen LogP contribution in [-0.2, 0) is 21.4 Å². The number of anilines is 1. The maximum atomic E-state index is 13.0. The molecule has 0 atom stereocenters. The van der Waals surface area contributed by atoms with Crippen molar-refractivity contribution >= 4 is 34.7 Å². The van der Waals surface area contributed by atoms with Gasteiger partial charge in [-0.3, -0.25) is 4.79 Å². The van der Waals surface area contributed by atoms with Crippen molar-refractivity contribution in [2.24, 2.45) is 5.16 Å². The third kappa shape index (κ3) is 8.25. The number of carbonyl (C=O) groups is 2. The molecular formula is C35H40N2O6. The third-order valence-electron chi connectivity index (χ3n) is 7.03. The molecule has 0 aliphatic heterocycles. The van der Waals surface area contributed by atoms with E-state index < -0.39 is 5.97 Å². The molecule has 3 aromatic carbocycles. The first-order valence-corrected chi connectivity index (χ1v) is 14.6. The molecule has 1 heterocycles. The second-order valence-corrected chi connectivity index (χ2v) is 11.3. The Morgan fingerprint density at radius 1 is 0.977 bits per heavy atom. The molecule has 0 aliphatic rings. The number of rotatable bonds is 13. The predicted molar refractivity (Wildman–Crippen MR) is 169 cm³/mol. The maximum absolute atomic E-state index is 13.0. The number of aryl methyl sites for hydroxylation is 1. The zero-order valence-electron chi connectivity index (χ0n) is 25.6. The van der Waals surface area contributed by atoms with E-state index in [4.69, 9.17) is 18.7 Å². The van der Waals surface area contributed by atoms with Crippen LogP contribution in [0, 0.1) is 0 Å². The number of furan rings is 1. The second-order valence-electron chi connectivity index (χ2n) is 11.3. The Bertz CT molecular complexity index is 1560. The fourth-order valence-electron chi connectivity index (χ4n) is 4.56. The number of methoxy groups -OCH3 is 1. The number of nitrogens with zero attached hydrogens (tertiary/aromatic N) is 1. The number of ether oxygens (including phenoxy) is 2. The number of hydrogen-bond donors (Lipinski definition) is 1. The minimum atomic E-state index is -0.556. The molecule has 4 rings (SSSR count). The van der Waals surface area contributed by atoms with Gasteiger partial charge in [-0.2, -0.15) is 0 Å². The fourth-order valence-corrected chi connectivity index (χ4v) is 4.56. The minimum Gasteiger partial charge on any atom is -0.493 e. The first kappa shape index (κ1) is 31.3. The van der Waals surface area contributed by atoms with Crippen molar-refractivity contribution in [1.29, 1.82) is 0 Å². The third-order valence-corrected chi connectivity index (χ3v) is 7.03. The van der Waals surface area contributed by atoms with E-state index in [1.165, 1.54) is 7.11 Å². The quantitative estimate of drug-likeness (QED) is 0.0741. The van der Waals surface area contributed by atoms with Gasteiger partial charge in [0.05, 0.1) is 31.2 Å². The highest BCUT2D eigenvalue weighted by Crippen LogP contribution is 2.27. The van der Waals surface area contributed by atoms with Crippen molar-refractivity contribution in [3.63, 3.8) is 0 Å². The van der Waals surface area contributed by atoms with Crippen LogP contribution in [-0.4, -0.2) is 38.4 Å². The molecule has 0 saturated carbocycles. The number of para-hydroxylation sites is 1. The fraction of sp³-hybridized carbons (Fsp3) is 0.343. The van der Waals surface area contributed by atoms with Gasteiger partial charge >= 0.3 is 5.97 Å². The first-order chi connectivity index (χ1) is 20.7. The van der Waals surface area contributed by atoms with E-state index >= 15 is 0 Å². The zero-order valence-corrected chi connectivity index (χ0v) is 25.6. The monoisotopic (exact) mass is 584 g/mol. The van der Waals surface area contributed by atoms with Gasteiger partial charge in [-0.05, 0) is 47.7 Å². The van der Waals surface area contributed by atoms with Gasteiger partial charge in [-0.15, -0.1) is 0 Å². The van der Waals surface area contributed by atoms with Crippen molar-refractivity contribution in [1.82, 2.24) is 0 Å². The maximum Gasteiger partial charge on any atom is 0.339 e. The standard InChI is InChI=1S/C35H40N2O6/c1-6-7-12-32-29(27-11-8-9-13-31(27)43-32)23-36-42-21-10-20-41-26-18-19-28(34(39)40-5)30(22-26)37-33(38)24-14-16-25(17-15-24)35(2,3)4/h8-9,11,13-19,22-23H,6-7,10,12,20-21H2,1-5H3,(H,37,38). The van der Waals surface area contributed by atoms with E-state index in [1.807, 2.05) is 36.4 Å². The number of oxime groups is 1. The molecule has 1 N–H and O–H groups in total. The molecule has 226 valence electrons. The molecular weight excluding hydrogens is 544 g/mol. The average molecular weight is 585 g/mol. The van der Waals surface area contributed by atoms with Gasteiger partial charge in [0.2, 0.25) is 0 Å². The van der Waals surface area contributed by atoms with Crippen LogP contribution < -0.4 is 10.1 Å². The van der Waals surface area contributed by atoms with E-state index in [1.54, 1.807) is 36.5 Å². The van der Waals surface area contributed by atoms with Crippen LogP contribution in [0.5, 0.6) is 5.75 Å². The summed E-state index contributed by atoms with van der Waals surface area (Å²) >= 11 is 0. The molecule has 0 unspecified atom stereocenters. The Kier molecular flexibility index (Phi) is 10.6. The topological polar surface area (TPSA) is 99.4 Å². The van der Waals surface area contributed by atoms with Crippen LogP contribution in [0.4, 0.5) is 5.69 Å². The van der Waals surface area contributed by atoms with E-state index in [0.29, 0.717) is 36.6 Å². The number of nitrogens with one attached hydrogen (secondary N) is 1. The molecule has 0 radical (unpaired) electrons. The normalized spacial score (nSPS) is 11.6. The Hall–Kier alpha value is -4.59. The molecule has 0 bridgehead atoms. The van der Waals surface area contributed by atoms with Gasteiger partial charge in [0.1, 0.15) is 23.7 Å². The Morgan fingerprint density at radius 2 is 1.74 bits per heavy atom. The van der Waals surface area contributed by atoms with Crippen molar-refractivity contribution in [2.75, 3.05) is 25.6 Å². The lowest BCUT2D eigenvalue weighted by Gasteiger charge is -2.19. The number of amides is 1. The van der Waals surface area contributed by atoms with Crippen LogP contribution in [0.3, 0.4) is 0 Å². The second kappa shape index (κ2) is 14.5. The summed E-state index contributed by atoms with van der Waals surface area (Å²) in [7, 11) is 1.30. The Balaban J connectivity index is 1.34. The van der Waals surface area contributed by atoms with Crippen LogP contribution in [0.1, 0.15) is 84.6 Å². The van der Waals surface area contributed by atoms with Gasteiger partial charge in [0.25, 0.3) is 5.91 Å². The van der Waals surface area contributed by atoms with Gasteiger partial charge in [-0.25, -0.2) is 4.79 Å². The van der Waals surface area contributed by atoms with Crippen LogP contribution in [0.2, 0.25) is 0 Å². The Morgan fingerprint density at radius 3 is 2.47 bits per heavy atom. The number of fused-ring (bicyclic) bond motifs is 1. The largest absolute Gasteiger partial charge is 0.493 e. The van der Waals surface area contributed by atoms with E-state index in [9.17, 15) is 9.59 Å². The van der Waals surface area contributed by atoms with E-state index in [0.717, 1.165) is 47.1 Å². The molecule has 0 aliphatic carbocycles. The molecule has 43 heavy (non-hydrogen) atoms. The van der Waals surface area contributed by atoms with Gasteiger partial charge in [0, 0.05) is 35.4 Å². The van der Waals surface area contributed by atoms with Crippen LogP contribution in [0.15, 0.2) is 76.3 Å². The highest BCUT2D eigenvalue weighted by Gasteiger charge is 2.18. The van der Waals surface area contributed by atoms with Crippen LogP contribution in [0.25, 0.3) is 11.0 Å². The highest BCUT2D eigenvalue weighted by molar-refractivity contribution is 6.08. The minimum absolute atomic E-state index is 0.0252. The molecule has 4 aromatic rings. The summed E-state index contributed by atoms with van der Waals surface area (Å²) in [5.74, 6) is 0.524. The molecule has 8 heteroatoms. The average Bonchev–Trinajstić information content (AvgIpc) is 3.36. The Labute approximate surface area is 253 Å². The molecule has 0 saturated heterocycles. The van der Waals surface area contributed by atoms with E-state index in [-0.39, 0.29) is 16.9 Å². The first-order valence-electron chi connectivity index (χ1n) is 14.6. The SMILES string of the molecule is CCCCc1oc2ccccc2c1C=NOCCCOc1ccc(C(=O)OC)c(NC(=O)c2ccc(C(C)(C)C)cc2)c1. The lowest BCUT2D eigenvalue weighted by atomic mass is 9.86. The number of carbonyl (C=O) groups excluding carboxylic acids is 2. The molecule has 8 nitrogen and oxygen atoms in total.